The minimum atomic E-state index is -0.252. The zero-order valence-corrected chi connectivity index (χ0v) is 9.80. The van der Waals surface area contributed by atoms with E-state index < -0.39 is 0 Å². The molecule has 90 valence electrons. The van der Waals surface area contributed by atoms with Crippen LogP contribution in [0.5, 0.6) is 0 Å². The summed E-state index contributed by atoms with van der Waals surface area (Å²) in [7, 11) is 0. The lowest BCUT2D eigenvalue weighted by Crippen LogP contribution is -2.20. The second-order valence-corrected chi connectivity index (χ2v) is 4.33. The maximum absolute atomic E-state index is 11.6. The SMILES string of the molecule is O=C(N/N=C\C1CCCCC1)c1ccccn1. The molecule has 0 aromatic carbocycles. The summed E-state index contributed by atoms with van der Waals surface area (Å²) in [5, 5.41) is 4.01. The Balaban J connectivity index is 1.81. The van der Waals surface area contributed by atoms with Gasteiger partial charge in [0.25, 0.3) is 5.91 Å². The normalized spacial score (nSPS) is 17.2. The molecule has 0 radical (unpaired) electrons. The number of hydrogen-bond donors (Lipinski definition) is 1. The minimum absolute atomic E-state index is 0.252. The largest absolute Gasteiger partial charge is 0.289 e. The third kappa shape index (κ3) is 3.66. The summed E-state index contributed by atoms with van der Waals surface area (Å²) in [6, 6.07) is 5.24. The highest BCUT2D eigenvalue weighted by Gasteiger charge is 2.11. The fourth-order valence-electron chi connectivity index (χ4n) is 2.04. The molecule has 1 aliphatic rings. The number of aromatic nitrogens is 1. The van der Waals surface area contributed by atoms with Crippen LogP contribution in [0.2, 0.25) is 0 Å². The summed E-state index contributed by atoms with van der Waals surface area (Å²) in [5.74, 6) is 0.269. The molecule has 0 spiro atoms. The summed E-state index contributed by atoms with van der Waals surface area (Å²) in [5.41, 5.74) is 2.91. The first-order valence-corrected chi connectivity index (χ1v) is 6.11. The molecule has 1 aromatic rings. The molecule has 1 aliphatic carbocycles. The Kier molecular flexibility index (Phi) is 4.24. The smallest absolute Gasteiger partial charge is 0.266 e. The monoisotopic (exact) mass is 231 g/mol. The molecule has 4 heteroatoms. The number of hydrazone groups is 1. The van der Waals surface area contributed by atoms with E-state index in [1.54, 1.807) is 24.4 Å². The van der Waals surface area contributed by atoms with Gasteiger partial charge in [0.1, 0.15) is 5.69 Å². The van der Waals surface area contributed by atoms with Crippen LogP contribution in [0.1, 0.15) is 42.6 Å². The summed E-state index contributed by atoms with van der Waals surface area (Å²) < 4.78 is 0. The molecule has 1 heterocycles. The molecule has 1 saturated carbocycles. The predicted octanol–water partition coefficient (Wildman–Crippen LogP) is 2.38. The van der Waals surface area contributed by atoms with Crippen molar-refractivity contribution in [2.24, 2.45) is 11.0 Å². The quantitative estimate of drug-likeness (QED) is 0.641. The van der Waals surface area contributed by atoms with E-state index in [0.717, 1.165) is 0 Å². The van der Waals surface area contributed by atoms with Crippen molar-refractivity contribution < 1.29 is 4.79 Å². The summed E-state index contributed by atoms with van der Waals surface area (Å²) >= 11 is 0. The van der Waals surface area contributed by atoms with Gasteiger partial charge in [0, 0.05) is 12.4 Å². The zero-order chi connectivity index (χ0) is 11.9. The molecule has 1 aromatic heterocycles. The van der Waals surface area contributed by atoms with Crippen molar-refractivity contribution in [3.05, 3.63) is 30.1 Å². The van der Waals surface area contributed by atoms with Gasteiger partial charge in [-0.1, -0.05) is 25.3 Å². The van der Waals surface area contributed by atoms with Crippen molar-refractivity contribution >= 4 is 12.1 Å². The van der Waals surface area contributed by atoms with Gasteiger partial charge < -0.3 is 0 Å². The third-order valence-electron chi connectivity index (χ3n) is 3.00. The van der Waals surface area contributed by atoms with E-state index in [1.807, 2.05) is 6.21 Å². The average Bonchev–Trinajstić information content (AvgIpc) is 2.41. The van der Waals surface area contributed by atoms with Crippen LogP contribution in [-0.4, -0.2) is 17.1 Å². The summed E-state index contributed by atoms with van der Waals surface area (Å²) in [6.45, 7) is 0. The first-order valence-electron chi connectivity index (χ1n) is 6.11. The minimum Gasteiger partial charge on any atom is -0.266 e. The predicted molar refractivity (Wildman–Crippen MR) is 66.8 cm³/mol. The van der Waals surface area contributed by atoms with Gasteiger partial charge in [-0.25, -0.2) is 5.43 Å². The fourth-order valence-corrected chi connectivity index (χ4v) is 2.04. The van der Waals surface area contributed by atoms with Gasteiger partial charge in [0.05, 0.1) is 0 Å². The maximum atomic E-state index is 11.6. The Morgan fingerprint density at radius 2 is 2.18 bits per heavy atom. The van der Waals surface area contributed by atoms with Crippen molar-refractivity contribution in [3.63, 3.8) is 0 Å². The highest BCUT2D eigenvalue weighted by Crippen LogP contribution is 2.21. The number of rotatable bonds is 3. The van der Waals surface area contributed by atoms with Crippen molar-refractivity contribution in [1.82, 2.24) is 10.4 Å². The van der Waals surface area contributed by atoms with Gasteiger partial charge in [0.2, 0.25) is 0 Å². The highest BCUT2D eigenvalue weighted by atomic mass is 16.2. The van der Waals surface area contributed by atoms with E-state index in [0.29, 0.717) is 11.6 Å². The lowest BCUT2D eigenvalue weighted by atomic mass is 9.90. The first-order chi connectivity index (χ1) is 8.36. The van der Waals surface area contributed by atoms with Gasteiger partial charge in [0.15, 0.2) is 0 Å². The Hall–Kier alpha value is -1.71. The third-order valence-corrected chi connectivity index (χ3v) is 3.00. The molecule has 1 fully saturated rings. The van der Waals surface area contributed by atoms with Crippen LogP contribution in [0.15, 0.2) is 29.5 Å². The lowest BCUT2D eigenvalue weighted by Gasteiger charge is -2.16. The van der Waals surface area contributed by atoms with Crippen LogP contribution in [0, 0.1) is 5.92 Å². The molecule has 0 aliphatic heterocycles. The Morgan fingerprint density at radius 3 is 2.88 bits per heavy atom. The van der Waals surface area contributed by atoms with E-state index in [-0.39, 0.29) is 5.91 Å². The Morgan fingerprint density at radius 1 is 1.35 bits per heavy atom. The number of hydrogen-bond acceptors (Lipinski definition) is 3. The van der Waals surface area contributed by atoms with Gasteiger partial charge in [-0.3, -0.25) is 9.78 Å². The van der Waals surface area contributed by atoms with Gasteiger partial charge in [-0.05, 0) is 30.9 Å². The van der Waals surface area contributed by atoms with Crippen LogP contribution in [0.4, 0.5) is 0 Å². The molecular weight excluding hydrogens is 214 g/mol. The first kappa shape index (κ1) is 11.8. The molecule has 0 saturated heterocycles. The number of pyridine rings is 1. The van der Waals surface area contributed by atoms with Crippen LogP contribution in [0.25, 0.3) is 0 Å². The van der Waals surface area contributed by atoms with E-state index in [2.05, 4.69) is 15.5 Å². The van der Waals surface area contributed by atoms with Gasteiger partial charge in [-0.15, -0.1) is 0 Å². The molecule has 2 rings (SSSR count). The fraction of sp³-hybridized carbons (Fsp3) is 0.462. The van der Waals surface area contributed by atoms with Crippen LogP contribution < -0.4 is 5.43 Å². The summed E-state index contributed by atoms with van der Waals surface area (Å²) in [4.78, 5) is 15.6. The van der Waals surface area contributed by atoms with E-state index in [9.17, 15) is 4.79 Å². The van der Waals surface area contributed by atoms with Crippen molar-refractivity contribution in [2.75, 3.05) is 0 Å². The topological polar surface area (TPSA) is 54.4 Å². The van der Waals surface area contributed by atoms with Crippen molar-refractivity contribution in [1.29, 1.82) is 0 Å². The molecule has 1 N–H and O–H groups in total. The van der Waals surface area contributed by atoms with Gasteiger partial charge in [-0.2, -0.15) is 5.10 Å². The summed E-state index contributed by atoms with van der Waals surface area (Å²) in [6.07, 6.45) is 9.69. The zero-order valence-electron chi connectivity index (χ0n) is 9.80. The molecule has 1 amide bonds. The maximum Gasteiger partial charge on any atom is 0.289 e. The number of nitrogens with one attached hydrogen (secondary N) is 1. The highest BCUT2D eigenvalue weighted by molar-refractivity contribution is 5.92. The number of amides is 1. The molecule has 17 heavy (non-hydrogen) atoms. The van der Waals surface area contributed by atoms with E-state index in [1.165, 1.54) is 32.1 Å². The second kappa shape index (κ2) is 6.13. The molecule has 0 atom stereocenters. The molecule has 4 nitrogen and oxygen atoms in total. The Bertz CT molecular complexity index is 383. The average molecular weight is 231 g/mol. The number of carbonyl (C=O) groups excluding carboxylic acids is 1. The number of nitrogens with zero attached hydrogens (tertiary/aromatic N) is 2. The lowest BCUT2D eigenvalue weighted by molar-refractivity contribution is 0.0950. The number of carbonyl (C=O) groups is 1. The van der Waals surface area contributed by atoms with E-state index in [4.69, 9.17) is 0 Å². The Labute approximate surface area is 101 Å². The van der Waals surface area contributed by atoms with Crippen LogP contribution >= 0.6 is 0 Å². The van der Waals surface area contributed by atoms with Gasteiger partial charge >= 0.3 is 0 Å². The van der Waals surface area contributed by atoms with E-state index >= 15 is 0 Å². The molecule has 0 bridgehead atoms. The van der Waals surface area contributed by atoms with Crippen LogP contribution in [-0.2, 0) is 0 Å². The molecular formula is C13H17N3O. The van der Waals surface area contributed by atoms with Crippen LogP contribution in [0.3, 0.4) is 0 Å². The van der Waals surface area contributed by atoms with Crippen molar-refractivity contribution in [2.45, 2.75) is 32.1 Å². The van der Waals surface area contributed by atoms with Crippen molar-refractivity contribution in [3.8, 4) is 0 Å². The standard InChI is InChI=1S/C13H17N3O/c17-13(12-8-4-5-9-14-12)16-15-10-11-6-2-1-3-7-11/h4-5,8-11H,1-3,6-7H2,(H,16,17)/b15-10-. The molecule has 0 unspecified atom stereocenters. The second-order valence-electron chi connectivity index (χ2n) is 4.33.